The van der Waals surface area contributed by atoms with Crippen molar-refractivity contribution >= 4 is 11.7 Å². The first-order valence-electron chi connectivity index (χ1n) is 9.43. The molecule has 4 rings (SSSR count). The number of benzene rings is 1. The summed E-state index contributed by atoms with van der Waals surface area (Å²) in [5.41, 5.74) is 2.83. The number of carbonyl (C=O) groups excluding carboxylic acids is 1. The highest BCUT2D eigenvalue weighted by atomic mass is 16.5. The zero-order valence-electron chi connectivity index (χ0n) is 16.5. The fraction of sp³-hybridized carbons (Fsp3) is 0.273. The number of nitrogens with one attached hydrogen (secondary N) is 1. The van der Waals surface area contributed by atoms with Crippen LogP contribution in [0.4, 0.5) is 5.82 Å². The Balaban J connectivity index is 1.43. The van der Waals surface area contributed by atoms with E-state index in [1.54, 1.807) is 32.7 Å². The number of ether oxygens (including phenoxy) is 2. The molecule has 150 valence electrons. The fourth-order valence-corrected chi connectivity index (χ4v) is 3.45. The Morgan fingerprint density at radius 3 is 2.62 bits per heavy atom. The van der Waals surface area contributed by atoms with Gasteiger partial charge in [-0.25, -0.2) is 4.98 Å². The normalized spacial score (nSPS) is 13.0. The monoisotopic (exact) mass is 393 g/mol. The molecule has 29 heavy (non-hydrogen) atoms. The van der Waals surface area contributed by atoms with E-state index < -0.39 is 0 Å². The number of pyridine rings is 1. The number of furan rings is 1. The van der Waals surface area contributed by atoms with E-state index in [0.29, 0.717) is 42.5 Å². The van der Waals surface area contributed by atoms with Crippen molar-refractivity contribution in [1.82, 2.24) is 9.88 Å². The zero-order chi connectivity index (χ0) is 20.2. The van der Waals surface area contributed by atoms with Gasteiger partial charge in [-0.1, -0.05) is 0 Å². The molecule has 0 saturated heterocycles. The van der Waals surface area contributed by atoms with Gasteiger partial charge in [-0.15, -0.1) is 0 Å². The molecule has 1 aliphatic rings. The number of hydrogen-bond donors (Lipinski definition) is 1. The Hall–Kier alpha value is -3.48. The Kier molecular flexibility index (Phi) is 5.37. The third kappa shape index (κ3) is 4.03. The number of aromatic nitrogens is 1. The molecule has 1 amide bonds. The van der Waals surface area contributed by atoms with Crippen LogP contribution in [0.25, 0.3) is 0 Å². The lowest BCUT2D eigenvalue weighted by Gasteiger charge is -2.29. The molecular formula is C22H23N3O4. The third-order valence-electron chi connectivity index (χ3n) is 5.04. The molecule has 1 aromatic carbocycles. The highest BCUT2D eigenvalue weighted by molar-refractivity contribution is 5.94. The maximum absolute atomic E-state index is 12.9. The second-order valence-electron chi connectivity index (χ2n) is 6.82. The summed E-state index contributed by atoms with van der Waals surface area (Å²) in [5, 5.41) is 3.17. The van der Waals surface area contributed by atoms with E-state index in [0.717, 1.165) is 17.7 Å². The van der Waals surface area contributed by atoms with Gasteiger partial charge in [-0.2, -0.15) is 0 Å². The number of anilines is 1. The van der Waals surface area contributed by atoms with Crippen LogP contribution in [0.2, 0.25) is 0 Å². The van der Waals surface area contributed by atoms with E-state index >= 15 is 0 Å². The molecule has 7 heteroatoms. The van der Waals surface area contributed by atoms with Gasteiger partial charge in [0, 0.05) is 19.3 Å². The van der Waals surface area contributed by atoms with Gasteiger partial charge >= 0.3 is 0 Å². The van der Waals surface area contributed by atoms with Gasteiger partial charge in [0.15, 0.2) is 11.5 Å². The summed E-state index contributed by atoms with van der Waals surface area (Å²) in [6.45, 7) is 1.73. The van der Waals surface area contributed by atoms with Crippen molar-refractivity contribution in [3.8, 4) is 11.5 Å². The standard InChI is InChI=1S/C22H23N3O4/c1-27-19-10-15-7-8-25(14-17(15)11-20(19)28-2)22(26)16-5-6-21(23-12-16)24-13-18-4-3-9-29-18/h3-6,9-12H,7-8,13-14H2,1-2H3,(H,23,24). The first-order valence-corrected chi connectivity index (χ1v) is 9.43. The molecule has 1 aliphatic heterocycles. The number of fused-ring (bicyclic) bond motifs is 1. The Labute approximate surface area is 169 Å². The van der Waals surface area contributed by atoms with Crippen LogP contribution in [-0.2, 0) is 19.5 Å². The maximum atomic E-state index is 12.9. The summed E-state index contributed by atoms with van der Waals surface area (Å²) in [4.78, 5) is 19.1. The molecule has 7 nitrogen and oxygen atoms in total. The summed E-state index contributed by atoms with van der Waals surface area (Å²) in [5.74, 6) is 2.88. The second-order valence-corrected chi connectivity index (χ2v) is 6.82. The van der Waals surface area contributed by atoms with Crippen LogP contribution in [0, 0.1) is 0 Å². The van der Waals surface area contributed by atoms with Crippen molar-refractivity contribution in [2.45, 2.75) is 19.5 Å². The van der Waals surface area contributed by atoms with E-state index in [4.69, 9.17) is 13.9 Å². The Morgan fingerprint density at radius 2 is 1.97 bits per heavy atom. The average molecular weight is 393 g/mol. The van der Waals surface area contributed by atoms with Gasteiger partial charge in [0.05, 0.1) is 32.6 Å². The number of carbonyl (C=O) groups is 1. The van der Waals surface area contributed by atoms with Crippen LogP contribution in [-0.4, -0.2) is 36.6 Å². The van der Waals surface area contributed by atoms with Crippen molar-refractivity contribution in [3.05, 3.63) is 71.3 Å². The van der Waals surface area contributed by atoms with Crippen molar-refractivity contribution in [2.75, 3.05) is 26.1 Å². The number of amides is 1. The fourth-order valence-electron chi connectivity index (χ4n) is 3.45. The van der Waals surface area contributed by atoms with E-state index in [2.05, 4.69) is 10.3 Å². The number of methoxy groups -OCH3 is 2. The molecule has 0 saturated carbocycles. The topological polar surface area (TPSA) is 76.8 Å². The predicted octanol–water partition coefficient (Wildman–Crippen LogP) is 3.50. The number of hydrogen-bond acceptors (Lipinski definition) is 6. The average Bonchev–Trinajstić information content (AvgIpc) is 3.30. The molecule has 0 unspecified atom stereocenters. The van der Waals surface area contributed by atoms with Crippen LogP contribution < -0.4 is 14.8 Å². The Bertz CT molecular complexity index is 984. The lowest BCUT2D eigenvalue weighted by molar-refractivity contribution is 0.0734. The lowest BCUT2D eigenvalue weighted by atomic mass is 9.98. The van der Waals surface area contributed by atoms with Gasteiger partial charge in [0.2, 0.25) is 0 Å². The molecule has 0 fully saturated rings. The summed E-state index contributed by atoms with van der Waals surface area (Å²) in [6, 6.07) is 11.3. The quantitative estimate of drug-likeness (QED) is 0.691. The second kappa shape index (κ2) is 8.26. The van der Waals surface area contributed by atoms with Gasteiger partial charge in [-0.05, 0) is 53.9 Å². The summed E-state index contributed by atoms with van der Waals surface area (Å²) in [7, 11) is 3.24. The molecule has 3 heterocycles. The van der Waals surface area contributed by atoms with Gasteiger partial charge in [-0.3, -0.25) is 4.79 Å². The van der Waals surface area contributed by atoms with E-state index in [1.165, 1.54) is 5.56 Å². The molecule has 0 radical (unpaired) electrons. The molecule has 2 aromatic heterocycles. The summed E-state index contributed by atoms with van der Waals surface area (Å²) in [6.07, 6.45) is 4.02. The summed E-state index contributed by atoms with van der Waals surface area (Å²) >= 11 is 0. The Morgan fingerprint density at radius 1 is 1.17 bits per heavy atom. The van der Waals surface area contributed by atoms with Crippen LogP contribution in [0.1, 0.15) is 27.2 Å². The smallest absolute Gasteiger partial charge is 0.255 e. The SMILES string of the molecule is COc1cc2c(cc1OC)CN(C(=O)c1ccc(NCc3ccco3)nc1)CC2. The minimum Gasteiger partial charge on any atom is -0.493 e. The molecule has 1 N–H and O–H groups in total. The predicted molar refractivity (Wildman–Crippen MR) is 108 cm³/mol. The number of rotatable bonds is 6. The first-order chi connectivity index (χ1) is 14.2. The first kappa shape index (κ1) is 18.9. The van der Waals surface area contributed by atoms with E-state index in [-0.39, 0.29) is 5.91 Å². The van der Waals surface area contributed by atoms with Crippen LogP contribution in [0.15, 0.2) is 53.3 Å². The maximum Gasteiger partial charge on any atom is 0.255 e. The lowest BCUT2D eigenvalue weighted by Crippen LogP contribution is -2.36. The molecular weight excluding hydrogens is 370 g/mol. The van der Waals surface area contributed by atoms with Crippen molar-refractivity contribution < 1.29 is 18.7 Å². The van der Waals surface area contributed by atoms with Gasteiger partial charge in [0.25, 0.3) is 5.91 Å². The van der Waals surface area contributed by atoms with Crippen LogP contribution in [0.3, 0.4) is 0 Å². The summed E-state index contributed by atoms with van der Waals surface area (Å²) < 4.78 is 16.1. The minimum absolute atomic E-state index is 0.0319. The molecule has 3 aromatic rings. The third-order valence-corrected chi connectivity index (χ3v) is 5.04. The van der Waals surface area contributed by atoms with Crippen LogP contribution in [0.5, 0.6) is 11.5 Å². The van der Waals surface area contributed by atoms with Crippen molar-refractivity contribution in [1.29, 1.82) is 0 Å². The molecule has 0 atom stereocenters. The van der Waals surface area contributed by atoms with Crippen molar-refractivity contribution in [2.24, 2.45) is 0 Å². The largest absolute Gasteiger partial charge is 0.493 e. The molecule has 0 spiro atoms. The minimum atomic E-state index is -0.0319. The highest BCUT2D eigenvalue weighted by Crippen LogP contribution is 2.33. The van der Waals surface area contributed by atoms with E-state index in [1.807, 2.05) is 35.2 Å². The van der Waals surface area contributed by atoms with E-state index in [9.17, 15) is 4.79 Å². The van der Waals surface area contributed by atoms with Crippen molar-refractivity contribution in [3.63, 3.8) is 0 Å². The number of nitrogens with zero attached hydrogens (tertiary/aromatic N) is 2. The van der Waals surface area contributed by atoms with Gasteiger partial charge in [0.1, 0.15) is 11.6 Å². The molecule has 0 bridgehead atoms. The zero-order valence-corrected chi connectivity index (χ0v) is 16.5. The van der Waals surface area contributed by atoms with Gasteiger partial charge < -0.3 is 24.1 Å². The molecule has 0 aliphatic carbocycles. The van der Waals surface area contributed by atoms with Crippen LogP contribution >= 0.6 is 0 Å². The highest BCUT2D eigenvalue weighted by Gasteiger charge is 2.24.